The molecule has 0 bridgehead atoms. The molecule has 0 radical (unpaired) electrons. The number of nitrogens with one attached hydrogen (secondary N) is 3. The lowest BCUT2D eigenvalue weighted by molar-refractivity contribution is -0.127. The Morgan fingerprint density at radius 2 is 2.22 bits per heavy atom. The van der Waals surface area contributed by atoms with E-state index < -0.39 is 12.0 Å². The molecule has 0 aliphatic carbocycles. The van der Waals surface area contributed by atoms with E-state index in [4.69, 9.17) is 11.2 Å². The molecule has 2 atom stereocenters. The third-order valence-electron chi connectivity index (χ3n) is 6.14. The van der Waals surface area contributed by atoms with Crippen LogP contribution >= 0.6 is 0 Å². The fourth-order valence-corrected chi connectivity index (χ4v) is 4.42. The number of alkyl carbamates (subject to hydrolysis) is 1. The molecule has 10 nitrogen and oxygen atoms in total. The summed E-state index contributed by atoms with van der Waals surface area (Å²) in [5.74, 6) is 2.74. The Morgan fingerprint density at radius 1 is 1.36 bits per heavy atom. The average Bonchev–Trinajstić information content (AvgIpc) is 3.31. The maximum atomic E-state index is 12.6. The van der Waals surface area contributed by atoms with Gasteiger partial charge in [-0.15, -0.1) is 6.42 Å². The molecule has 0 spiro atoms. The molecule has 2 aromatic heterocycles. The van der Waals surface area contributed by atoms with Gasteiger partial charge < -0.3 is 20.7 Å². The highest BCUT2D eigenvalue weighted by atomic mass is 16.5. The SMILES string of the molecule is C#Cc1cccc(Nc2ncnn3ccc(CN4CC[C@@H](NC(=O)OCC=C)C(C(=O)NC)C4)c23)c1. The van der Waals surface area contributed by atoms with Gasteiger partial charge in [0.1, 0.15) is 18.5 Å². The number of rotatable bonds is 8. The van der Waals surface area contributed by atoms with E-state index in [0.717, 1.165) is 22.3 Å². The largest absolute Gasteiger partial charge is 0.445 e. The minimum atomic E-state index is -0.553. The summed E-state index contributed by atoms with van der Waals surface area (Å²) in [6.07, 6.45) is 10.5. The fourth-order valence-electron chi connectivity index (χ4n) is 4.42. The van der Waals surface area contributed by atoms with Crippen molar-refractivity contribution in [3.63, 3.8) is 0 Å². The van der Waals surface area contributed by atoms with Gasteiger partial charge in [-0.3, -0.25) is 9.69 Å². The zero-order chi connectivity index (χ0) is 25.5. The fraction of sp³-hybridized carbons (Fsp3) is 0.308. The number of benzene rings is 1. The van der Waals surface area contributed by atoms with Crippen LogP contribution in [0.1, 0.15) is 17.5 Å². The molecule has 0 saturated carbocycles. The summed E-state index contributed by atoms with van der Waals surface area (Å²) in [7, 11) is 1.60. The van der Waals surface area contributed by atoms with Crippen molar-refractivity contribution in [2.45, 2.75) is 19.0 Å². The van der Waals surface area contributed by atoms with Crippen molar-refractivity contribution in [3.05, 3.63) is 66.6 Å². The third kappa shape index (κ3) is 5.64. The maximum absolute atomic E-state index is 12.6. The standard InChI is InChI=1S/C26H29N7O3/c1-4-13-36-26(35)31-22-10-11-32(16-21(22)25(34)27-3)15-19-9-12-33-23(19)24(28-17-29-33)30-20-8-6-7-18(5-2)14-20/h2,4,6-9,12,14,17,21-22H,1,10-11,13,15-16H2,3H3,(H,27,34)(H,31,35)(H,28,29,30)/t21?,22-/m1/s1. The van der Waals surface area contributed by atoms with E-state index in [1.165, 1.54) is 12.4 Å². The number of anilines is 2. The molecule has 3 heterocycles. The van der Waals surface area contributed by atoms with Gasteiger partial charge >= 0.3 is 6.09 Å². The van der Waals surface area contributed by atoms with Gasteiger partial charge in [-0.2, -0.15) is 5.10 Å². The lowest BCUT2D eigenvalue weighted by Gasteiger charge is -2.37. The van der Waals surface area contributed by atoms with Crippen LogP contribution in [-0.2, 0) is 16.1 Å². The lowest BCUT2D eigenvalue weighted by Crippen LogP contribution is -2.55. The van der Waals surface area contributed by atoms with Crippen LogP contribution in [0.2, 0.25) is 0 Å². The minimum Gasteiger partial charge on any atom is -0.445 e. The summed E-state index contributed by atoms with van der Waals surface area (Å²) < 4.78 is 6.82. The molecule has 1 aliphatic heterocycles. The average molecular weight is 488 g/mol. The Morgan fingerprint density at radius 3 is 3.00 bits per heavy atom. The summed E-state index contributed by atoms with van der Waals surface area (Å²) in [5, 5.41) is 13.2. The van der Waals surface area contributed by atoms with Crippen molar-refractivity contribution >= 4 is 29.0 Å². The van der Waals surface area contributed by atoms with Gasteiger partial charge in [0.25, 0.3) is 0 Å². The number of amides is 2. The molecule has 1 unspecified atom stereocenters. The summed E-state index contributed by atoms with van der Waals surface area (Å²) in [6, 6.07) is 9.23. The van der Waals surface area contributed by atoms with E-state index in [0.29, 0.717) is 31.9 Å². The van der Waals surface area contributed by atoms with Gasteiger partial charge in [-0.05, 0) is 36.2 Å². The molecule has 2 amide bonds. The van der Waals surface area contributed by atoms with Crippen molar-refractivity contribution in [1.29, 1.82) is 0 Å². The second-order valence-corrected chi connectivity index (χ2v) is 8.48. The number of terminal acetylenes is 1. The summed E-state index contributed by atoms with van der Waals surface area (Å²) >= 11 is 0. The number of hydrogen-bond acceptors (Lipinski definition) is 7. The highest BCUT2D eigenvalue weighted by Gasteiger charge is 2.35. The number of hydrogen-bond donors (Lipinski definition) is 3. The Bertz CT molecular complexity index is 1300. The van der Waals surface area contributed by atoms with E-state index in [-0.39, 0.29) is 18.6 Å². The number of carbonyl (C=O) groups excluding carboxylic acids is 2. The number of ether oxygens (including phenoxy) is 1. The van der Waals surface area contributed by atoms with Crippen molar-refractivity contribution in [2.75, 3.05) is 32.1 Å². The number of piperidine rings is 1. The Balaban J connectivity index is 1.52. The molecule has 4 rings (SSSR count). The van der Waals surface area contributed by atoms with E-state index in [2.05, 4.69) is 43.4 Å². The maximum Gasteiger partial charge on any atom is 0.407 e. The first-order valence-electron chi connectivity index (χ1n) is 11.7. The molecule has 1 fully saturated rings. The van der Waals surface area contributed by atoms with Crippen molar-refractivity contribution in [1.82, 2.24) is 30.1 Å². The van der Waals surface area contributed by atoms with Gasteiger partial charge in [-0.1, -0.05) is 24.6 Å². The first-order chi connectivity index (χ1) is 17.5. The monoisotopic (exact) mass is 487 g/mol. The molecule has 186 valence electrons. The number of aromatic nitrogens is 3. The summed E-state index contributed by atoms with van der Waals surface area (Å²) in [5.41, 5.74) is 3.45. The van der Waals surface area contributed by atoms with Crippen LogP contribution in [0.5, 0.6) is 0 Å². The normalized spacial score (nSPS) is 17.7. The van der Waals surface area contributed by atoms with Gasteiger partial charge in [0, 0.05) is 50.2 Å². The number of nitrogens with zero attached hydrogens (tertiary/aromatic N) is 4. The van der Waals surface area contributed by atoms with Crippen LogP contribution in [0, 0.1) is 18.3 Å². The second-order valence-electron chi connectivity index (χ2n) is 8.48. The van der Waals surface area contributed by atoms with Crippen molar-refractivity contribution in [2.24, 2.45) is 5.92 Å². The predicted octanol–water partition coefficient (Wildman–Crippen LogP) is 2.30. The molecule has 1 aliphatic rings. The van der Waals surface area contributed by atoms with Crippen LogP contribution in [0.25, 0.3) is 5.52 Å². The summed E-state index contributed by atoms with van der Waals surface area (Å²) in [4.78, 5) is 31.4. The molecule has 1 saturated heterocycles. The van der Waals surface area contributed by atoms with Crippen molar-refractivity contribution < 1.29 is 14.3 Å². The summed E-state index contributed by atoms with van der Waals surface area (Å²) in [6.45, 7) is 5.41. The first-order valence-corrected chi connectivity index (χ1v) is 11.7. The molecular formula is C26H29N7O3. The molecule has 3 aromatic rings. The van der Waals surface area contributed by atoms with Gasteiger partial charge in [0.15, 0.2) is 5.82 Å². The molecule has 10 heteroatoms. The van der Waals surface area contributed by atoms with Crippen molar-refractivity contribution in [3.8, 4) is 12.3 Å². The quantitative estimate of drug-likeness (QED) is 0.330. The topological polar surface area (TPSA) is 113 Å². The highest BCUT2D eigenvalue weighted by molar-refractivity contribution is 5.80. The van der Waals surface area contributed by atoms with Crippen LogP contribution in [0.4, 0.5) is 16.3 Å². The zero-order valence-electron chi connectivity index (χ0n) is 20.1. The van der Waals surface area contributed by atoms with E-state index in [9.17, 15) is 9.59 Å². The Labute approximate surface area is 209 Å². The molecule has 1 aromatic carbocycles. The van der Waals surface area contributed by atoms with Gasteiger partial charge in [0.05, 0.1) is 5.92 Å². The highest BCUT2D eigenvalue weighted by Crippen LogP contribution is 2.26. The second kappa shape index (κ2) is 11.4. The van der Waals surface area contributed by atoms with Crippen LogP contribution < -0.4 is 16.0 Å². The Hall–Kier alpha value is -4.36. The molecule has 36 heavy (non-hydrogen) atoms. The third-order valence-corrected chi connectivity index (χ3v) is 6.14. The zero-order valence-corrected chi connectivity index (χ0v) is 20.1. The van der Waals surface area contributed by atoms with E-state index >= 15 is 0 Å². The molecular weight excluding hydrogens is 458 g/mol. The number of likely N-dealkylation sites (tertiary alicyclic amines) is 1. The number of fused-ring (bicyclic) bond motifs is 1. The smallest absolute Gasteiger partial charge is 0.407 e. The van der Waals surface area contributed by atoms with Gasteiger partial charge in [-0.25, -0.2) is 14.3 Å². The first kappa shape index (κ1) is 24.8. The van der Waals surface area contributed by atoms with E-state index in [1.54, 1.807) is 11.6 Å². The van der Waals surface area contributed by atoms with Crippen LogP contribution in [0.15, 0.2) is 55.5 Å². The van der Waals surface area contributed by atoms with E-state index in [1.807, 2.05) is 36.5 Å². The van der Waals surface area contributed by atoms with Crippen LogP contribution in [-0.4, -0.2) is 64.3 Å². The number of carbonyl (C=O) groups is 2. The lowest BCUT2D eigenvalue weighted by atomic mass is 9.91. The predicted molar refractivity (Wildman–Crippen MR) is 137 cm³/mol. The Kier molecular flexibility index (Phi) is 7.82. The molecule has 3 N–H and O–H groups in total. The van der Waals surface area contributed by atoms with Gasteiger partial charge in [0.2, 0.25) is 5.91 Å². The minimum absolute atomic E-state index is 0.114. The van der Waals surface area contributed by atoms with Crippen LogP contribution in [0.3, 0.4) is 0 Å².